The SMILES string of the molecule is CC(C)CC(=O)Nc1ccc(C(=O)COC(=O)c2cc(S(C)(=O)=O)ccc2Cl)cc1. The molecule has 0 atom stereocenters. The van der Waals surface area contributed by atoms with Crippen molar-refractivity contribution in [1.29, 1.82) is 0 Å². The molecule has 0 unspecified atom stereocenters. The molecule has 1 amide bonds. The zero-order chi connectivity index (χ0) is 22.5. The van der Waals surface area contributed by atoms with Crippen LogP contribution in [0.4, 0.5) is 5.69 Å². The second-order valence-corrected chi connectivity index (χ2v) is 9.56. The van der Waals surface area contributed by atoms with Gasteiger partial charge in [0.25, 0.3) is 0 Å². The minimum atomic E-state index is -3.53. The number of esters is 1. The van der Waals surface area contributed by atoms with Gasteiger partial charge in [-0.25, -0.2) is 13.2 Å². The van der Waals surface area contributed by atoms with Gasteiger partial charge in [-0.1, -0.05) is 25.4 Å². The van der Waals surface area contributed by atoms with E-state index in [1.54, 1.807) is 12.1 Å². The Balaban J connectivity index is 2.00. The Morgan fingerprint density at radius 3 is 2.27 bits per heavy atom. The predicted octanol–water partition coefficient (Wildman–Crippen LogP) is 3.77. The zero-order valence-corrected chi connectivity index (χ0v) is 18.3. The van der Waals surface area contributed by atoms with E-state index in [-0.39, 0.29) is 27.3 Å². The molecule has 0 aliphatic heterocycles. The van der Waals surface area contributed by atoms with Crippen LogP contribution in [0.1, 0.15) is 41.0 Å². The highest BCUT2D eigenvalue weighted by atomic mass is 35.5. The standard InChI is InChI=1S/C21H22ClNO6S/c1-13(2)10-20(25)23-15-6-4-14(5-7-15)19(24)12-29-21(26)17-11-16(30(3,27)28)8-9-18(17)22/h4-9,11,13H,10,12H2,1-3H3,(H,23,25). The fourth-order valence-corrected chi connectivity index (χ4v) is 3.35. The molecule has 0 saturated heterocycles. The first-order valence-electron chi connectivity index (χ1n) is 9.07. The number of halogens is 1. The number of carbonyl (C=O) groups excluding carboxylic acids is 3. The number of amides is 1. The molecule has 0 heterocycles. The molecule has 2 aromatic rings. The number of carbonyl (C=O) groups is 3. The van der Waals surface area contributed by atoms with Crippen LogP contribution in [0, 0.1) is 5.92 Å². The summed E-state index contributed by atoms with van der Waals surface area (Å²) in [5, 5.41) is 2.75. The number of ether oxygens (including phenoxy) is 1. The maximum atomic E-state index is 12.3. The van der Waals surface area contributed by atoms with Gasteiger partial charge in [0.2, 0.25) is 5.91 Å². The minimum Gasteiger partial charge on any atom is -0.454 e. The number of Topliss-reactive ketones (excluding diaryl/α,β-unsaturated/α-hetero) is 1. The largest absolute Gasteiger partial charge is 0.454 e. The first kappa shape index (κ1) is 23.6. The zero-order valence-electron chi connectivity index (χ0n) is 16.8. The van der Waals surface area contributed by atoms with E-state index in [2.05, 4.69) is 5.32 Å². The van der Waals surface area contributed by atoms with Crippen LogP contribution < -0.4 is 5.32 Å². The summed E-state index contributed by atoms with van der Waals surface area (Å²) in [4.78, 5) is 36.2. The van der Waals surface area contributed by atoms with Gasteiger partial charge in [-0.2, -0.15) is 0 Å². The third kappa shape index (κ3) is 6.67. The molecule has 2 aromatic carbocycles. The van der Waals surface area contributed by atoms with Crippen molar-refractivity contribution in [1.82, 2.24) is 0 Å². The highest BCUT2D eigenvalue weighted by Gasteiger charge is 2.18. The second-order valence-electron chi connectivity index (χ2n) is 7.14. The summed E-state index contributed by atoms with van der Waals surface area (Å²) >= 11 is 5.95. The molecule has 2 rings (SSSR count). The van der Waals surface area contributed by atoms with Gasteiger partial charge >= 0.3 is 5.97 Å². The molecule has 160 valence electrons. The number of hydrogen-bond acceptors (Lipinski definition) is 6. The molecule has 0 aliphatic carbocycles. The molecule has 0 aliphatic rings. The Kier molecular flexibility index (Phi) is 7.75. The molecular weight excluding hydrogens is 430 g/mol. The highest BCUT2D eigenvalue weighted by molar-refractivity contribution is 7.90. The Morgan fingerprint density at radius 1 is 1.07 bits per heavy atom. The molecule has 30 heavy (non-hydrogen) atoms. The van der Waals surface area contributed by atoms with E-state index in [0.29, 0.717) is 17.7 Å². The van der Waals surface area contributed by atoms with Crippen molar-refractivity contribution < 1.29 is 27.5 Å². The quantitative estimate of drug-likeness (QED) is 0.483. The molecule has 1 N–H and O–H groups in total. The molecule has 0 fully saturated rings. The van der Waals surface area contributed by atoms with Crippen LogP contribution in [0.3, 0.4) is 0 Å². The van der Waals surface area contributed by atoms with Gasteiger partial charge in [-0.05, 0) is 48.4 Å². The van der Waals surface area contributed by atoms with Crippen molar-refractivity contribution in [3.8, 4) is 0 Å². The Hall–Kier alpha value is -2.71. The highest BCUT2D eigenvalue weighted by Crippen LogP contribution is 2.21. The molecular formula is C21H22ClNO6S. The maximum absolute atomic E-state index is 12.3. The van der Waals surface area contributed by atoms with Crippen LogP contribution in [0.15, 0.2) is 47.4 Å². The fraction of sp³-hybridized carbons (Fsp3) is 0.286. The second kappa shape index (κ2) is 9.86. The topological polar surface area (TPSA) is 107 Å². The van der Waals surface area contributed by atoms with E-state index >= 15 is 0 Å². The van der Waals surface area contributed by atoms with Crippen LogP contribution in [0.2, 0.25) is 5.02 Å². The Labute approximate surface area is 180 Å². The van der Waals surface area contributed by atoms with Crippen LogP contribution in [0.25, 0.3) is 0 Å². The molecule has 0 saturated carbocycles. The van der Waals surface area contributed by atoms with Gasteiger partial charge in [-0.15, -0.1) is 0 Å². The van der Waals surface area contributed by atoms with Gasteiger partial charge in [0.15, 0.2) is 22.2 Å². The summed E-state index contributed by atoms with van der Waals surface area (Å²) in [5.41, 5.74) is 0.704. The van der Waals surface area contributed by atoms with E-state index in [4.69, 9.17) is 16.3 Å². The average molecular weight is 452 g/mol. The lowest BCUT2D eigenvalue weighted by Gasteiger charge is -2.09. The molecule has 0 radical (unpaired) electrons. The van der Waals surface area contributed by atoms with Gasteiger partial charge in [-0.3, -0.25) is 9.59 Å². The van der Waals surface area contributed by atoms with E-state index in [9.17, 15) is 22.8 Å². The number of benzene rings is 2. The average Bonchev–Trinajstić information content (AvgIpc) is 2.65. The number of sulfone groups is 1. The molecule has 7 nitrogen and oxygen atoms in total. The van der Waals surface area contributed by atoms with Crippen molar-refractivity contribution in [2.75, 3.05) is 18.2 Å². The van der Waals surface area contributed by atoms with Crippen molar-refractivity contribution >= 4 is 44.8 Å². The first-order valence-corrected chi connectivity index (χ1v) is 11.3. The summed E-state index contributed by atoms with van der Waals surface area (Å²) in [7, 11) is -3.53. The van der Waals surface area contributed by atoms with Crippen LogP contribution in [-0.4, -0.2) is 38.9 Å². The van der Waals surface area contributed by atoms with Gasteiger partial charge in [0.1, 0.15) is 0 Å². The molecule has 0 spiro atoms. The summed E-state index contributed by atoms with van der Waals surface area (Å²) in [6, 6.07) is 9.86. The van der Waals surface area contributed by atoms with Crippen molar-refractivity contribution in [2.24, 2.45) is 5.92 Å². The number of rotatable bonds is 8. The van der Waals surface area contributed by atoms with Crippen LogP contribution in [-0.2, 0) is 19.4 Å². The van der Waals surface area contributed by atoms with Crippen LogP contribution >= 0.6 is 11.6 Å². The summed E-state index contributed by atoms with van der Waals surface area (Å²) in [5.74, 6) is -1.26. The summed E-state index contributed by atoms with van der Waals surface area (Å²) in [6.07, 6.45) is 1.39. The first-order chi connectivity index (χ1) is 14.0. The third-order valence-corrected chi connectivity index (χ3v) is 5.44. The number of hydrogen-bond donors (Lipinski definition) is 1. The minimum absolute atomic E-state index is 0.0151. The Morgan fingerprint density at radius 2 is 1.70 bits per heavy atom. The number of nitrogens with one attached hydrogen (secondary N) is 1. The maximum Gasteiger partial charge on any atom is 0.340 e. The predicted molar refractivity (Wildman–Crippen MR) is 114 cm³/mol. The number of anilines is 1. The number of ketones is 1. The fourth-order valence-electron chi connectivity index (χ4n) is 2.51. The monoisotopic (exact) mass is 451 g/mol. The summed E-state index contributed by atoms with van der Waals surface area (Å²) in [6.45, 7) is 3.33. The lowest BCUT2D eigenvalue weighted by atomic mass is 10.1. The van der Waals surface area contributed by atoms with E-state index in [1.807, 2.05) is 13.8 Å². The van der Waals surface area contributed by atoms with E-state index < -0.39 is 28.2 Å². The van der Waals surface area contributed by atoms with Crippen molar-refractivity contribution in [2.45, 2.75) is 25.2 Å². The smallest absolute Gasteiger partial charge is 0.340 e. The van der Waals surface area contributed by atoms with Crippen molar-refractivity contribution in [3.63, 3.8) is 0 Å². The van der Waals surface area contributed by atoms with Gasteiger partial charge in [0, 0.05) is 23.9 Å². The van der Waals surface area contributed by atoms with Crippen molar-refractivity contribution in [3.05, 3.63) is 58.6 Å². The molecule has 0 aromatic heterocycles. The lowest BCUT2D eigenvalue weighted by Crippen LogP contribution is -2.16. The van der Waals surface area contributed by atoms with Crippen LogP contribution in [0.5, 0.6) is 0 Å². The summed E-state index contributed by atoms with van der Waals surface area (Å²) < 4.78 is 28.3. The van der Waals surface area contributed by atoms with Gasteiger partial charge < -0.3 is 10.1 Å². The van der Waals surface area contributed by atoms with Gasteiger partial charge in [0.05, 0.1) is 15.5 Å². The Bertz CT molecular complexity index is 1060. The van der Waals surface area contributed by atoms with E-state index in [1.165, 1.54) is 24.3 Å². The molecule has 0 bridgehead atoms. The normalized spacial score (nSPS) is 11.2. The third-order valence-electron chi connectivity index (χ3n) is 4.00. The lowest BCUT2D eigenvalue weighted by molar-refractivity contribution is -0.116. The van der Waals surface area contributed by atoms with E-state index in [0.717, 1.165) is 12.3 Å². The molecule has 9 heteroatoms.